The second-order valence-corrected chi connectivity index (χ2v) is 17.6. The van der Waals surface area contributed by atoms with Gasteiger partial charge < -0.3 is 9.32 Å². The van der Waals surface area contributed by atoms with Gasteiger partial charge in [-0.15, -0.1) is 0 Å². The van der Waals surface area contributed by atoms with Crippen LogP contribution in [0.25, 0.3) is 76.9 Å². The van der Waals surface area contributed by atoms with Crippen LogP contribution < -0.4 is 4.90 Å². The smallest absolute Gasteiger partial charge is 0.135 e. The normalized spacial score (nSPS) is 13.7. The summed E-state index contributed by atoms with van der Waals surface area (Å²) in [5, 5.41) is 7.45. The number of fused-ring (bicyclic) bond motifs is 13. The summed E-state index contributed by atoms with van der Waals surface area (Å²) in [6.07, 6.45) is 0. The fourth-order valence-corrected chi connectivity index (χ4v) is 10.9. The van der Waals surface area contributed by atoms with Crippen molar-refractivity contribution >= 4 is 60.5 Å². The minimum atomic E-state index is -0.113. The van der Waals surface area contributed by atoms with Gasteiger partial charge in [0.1, 0.15) is 11.2 Å². The van der Waals surface area contributed by atoms with Gasteiger partial charge in [0.15, 0.2) is 0 Å². The van der Waals surface area contributed by atoms with Crippen LogP contribution in [0, 0.1) is 0 Å². The summed E-state index contributed by atoms with van der Waals surface area (Å²) in [7, 11) is 0. The number of nitrogens with zero attached hydrogens (tertiary/aromatic N) is 1. The Bertz CT molecular complexity index is 3520. The van der Waals surface area contributed by atoms with Crippen molar-refractivity contribution < 1.29 is 4.42 Å². The van der Waals surface area contributed by atoms with Crippen molar-refractivity contribution in [2.75, 3.05) is 4.90 Å². The fraction of sp³-hybridized carbons (Fsp3) is 0.0667. The largest absolute Gasteiger partial charge is 0.456 e. The predicted molar refractivity (Wildman–Crippen MR) is 259 cm³/mol. The molecule has 2 aliphatic rings. The molecule has 13 rings (SSSR count). The molecule has 0 aliphatic heterocycles. The summed E-state index contributed by atoms with van der Waals surface area (Å²) in [4.78, 5) is 2.40. The Morgan fingerprint density at radius 3 is 1.65 bits per heavy atom. The highest BCUT2D eigenvalue weighted by atomic mass is 16.3. The summed E-state index contributed by atoms with van der Waals surface area (Å²) in [5.41, 5.74) is 19.6. The van der Waals surface area contributed by atoms with Crippen LogP contribution >= 0.6 is 0 Å². The molecule has 0 fully saturated rings. The summed E-state index contributed by atoms with van der Waals surface area (Å²) >= 11 is 0. The molecule has 2 aliphatic carbocycles. The summed E-state index contributed by atoms with van der Waals surface area (Å²) in [5.74, 6) is 0.161. The van der Waals surface area contributed by atoms with Gasteiger partial charge in [-0.3, -0.25) is 0 Å². The standard InChI is InChI=1S/C60H41NO/c1-60(2)53-17-9-7-15-47(53)48-33-29-44(36-54(48)60)61(43-30-34-56-52(35-43)49-16-8-10-18-55(49)62-56)42-27-23-38(24-28-42)37-19-21-41(22-20-37)57-50-31-25-39-11-3-5-13-45(39)58(50)59-46-14-6-4-12-40(46)26-32-51(57)59/h3-36,57H,1-2H3. The first-order chi connectivity index (χ1) is 30.5. The molecule has 0 amide bonds. The van der Waals surface area contributed by atoms with Crippen molar-refractivity contribution in [2.45, 2.75) is 25.2 Å². The Morgan fingerprint density at radius 2 is 0.935 bits per heavy atom. The minimum absolute atomic E-state index is 0.113. The molecule has 0 N–H and O–H groups in total. The van der Waals surface area contributed by atoms with Crippen molar-refractivity contribution in [1.29, 1.82) is 0 Å². The van der Waals surface area contributed by atoms with Crippen LogP contribution in [-0.2, 0) is 5.41 Å². The highest BCUT2D eigenvalue weighted by Crippen LogP contribution is 2.54. The van der Waals surface area contributed by atoms with E-state index < -0.39 is 0 Å². The van der Waals surface area contributed by atoms with Crippen LogP contribution in [0.4, 0.5) is 17.1 Å². The fourth-order valence-electron chi connectivity index (χ4n) is 10.9. The van der Waals surface area contributed by atoms with E-state index in [1.165, 1.54) is 82.7 Å². The Hall–Kier alpha value is -7.68. The molecule has 0 saturated carbocycles. The van der Waals surface area contributed by atoms with Crippen LogP contribution in [0.1, 0.15) is 47.6 Å². The van der Waals surface area contributed by atoms with Crippen LogP contribution in [0.15, 0.2) is 211 Å². The van der Waals surface area contributed by atoms with Gasteiger partial charge in [0.25, 0.3) is 0 Å². The number of rotatable bonds is 5. The first-order valence-corrected chi connectivity index (χ1v) is 21.7. The van der Waals surface area contributed by atoms with Gasteiger partial charge >= 0.3 is 0 Å². The molecule has 292 valence electrons. The number of para-hydroxylation sites is 1. The molecular weight excluding hydrogens is 751 g/mol. The first kappa shape index (κ1) is 35.1. The van der Waals surface area contributed by atoms with Crippen molar-refractivity contribution in [3.05, 3.63) is 234 Å². The second-order valence-electron chi connectivity index (χ2n) is 17.6. The maximum atomic E-state index is 6.28. The molecule has 11 aromatic rings. The highest BCUT2D eigenvalue weighted by Gasteiger charge is 2.36. The predicted octanol–water partition coefficient (Wildman–Crippen LogP) is 16.5. The van der Waals surface area contributed by atoms with E-state index in [9.17, 15) is 0 Å². The Kier molecular flexibility index (Phi) is 7.45. The Balaban J connectivity index is 0.896. The quantitative estimate of drug-likeness (QED) is 0.173. The number of benzene rings is 10. The lowest BCUT2D eigenvalue weighted by Crippen LogP contribution is -2.16. The monoisotopic (exact) mass is 791 g/mol. The van der Waals surface area contributed by atoms with Crippen LogP contribution in [0.5, 0.6) is 0 Å². The topological polar surface area (TPSA) is 16.4 Å². The maximum Gasteiger partial charge on any atom is 0.135 e. The van der Waals surface area contributed by atoms with Crippen molar-refractivity contribution in [1.82, 2.24) is 0 Å². The van der Waals surface area contributed by atoms with Crippen molar-refractivity contribution in [3.8, 4) is 33.4 Å². The van der Waals surface area contributed by atoms with Crippen LogP contribution in [-0.4, -0.2) is 0 Å². The molecule has 0 saturated heterocycles. The third-order valence-corrected chi connectivity index (χ3v) is 13.9. The lowest BCUT2D eigenvalue weighted by atomic mass is 9.82. The van der Waals surface area contributed by atoms with Gasteiger partial charge in [0.2, 0.25) is 0 Å². The van der Waals surface area contributed by atoms with E-state index in [1.54, 1.807) is 0 Å². The molecule has 0 bridgehead atoms. The maximum absolute atomic E-state index is 6.28. The van der Waals surface area contributed by atoms with E-state index in [0.717, 1.165) is 39.0 Å². The van der Waals surface area contributed by atoms with Gasteiger partial charge in [0, 0.05) is 39.2 Å². The molecule has 0 unspecified atom stereocenters. The SMILES string of the molecule is CC1(C)c2ccccc2-c2ccc(N(c3ccc(-c4ccc(C5c6ccc7ccccc7c6-c6c5ccc5ccccc65)cc4)cc3)c3ccc4oc5ccccc5c4c3)cc21. The molecule has 1 heterocycles. The molecule has 2 heteroatoms. The van der Waals surface area contributed by atoms with Gasteiger partial charge in [-0.1, -0.05) is 172 Å². The molecule has 0 radical (unpaired) electrons. The summed E-state index contributed by atoms with van der Waals surface area (Å²) in [6.45, 7) is 4.70. The zero-order chi connectivity index (χ0) is 41.1. The average Bonchev–Trinajstić information content (AvgIpc) is 3.95. The highest BCUT2D eigenvalue weighted by molar-refractivity contribution is 6.11. The van der Waals surface area contributed by atoms with Crippen LogP contribution in [0.2, 0.25) is 0 Å². The first-order valence-electron chi connectivity index (χ1n) is 21.7. The van der Waals surface area contributed by atoms with E-state index in [-0.39, 0.29) is 11.3 Å². The number of hydrogen-bond acceptors (Lipinski definition) is 2. The van der Waals surface area contributed by atoms with E-state index in [0.29, 0.717) is 0 Å². The third kappa shape index (κ3) is 5.10. The lowest BCUT2D eigenvalue weighted by molar-refractivity contribution is 0.660. The van der Waals surface area contributed by atoms with Gasteiger partial charge in [-0.2, -0.15) is 0 Å². The molecule has 1 aromatic heterocycles. The molecular formula is C60H41NO. The van der Waals surface area contributed by atoms with E-state index in [1.807, 2.05) is 12.1 Å². The Morgan fingerprint density at radius 1 is 0.403 bits per heavy atom. The van der Waals surface area contributed by atoms with Gasteiger partial charge in [-0.25, -0.2) is 0 Å². The number of hydrogen-bond donors (Lipinski definition) is 0. The van der Waals surface area contributed by atoms with Crippen molar-refractivity contribution in [3.63, 3.8) is 0 Å². The average molecular weight is 792 g/mol. The Labute approximate surface area is 361 Å². The van der Waals surface area contributed by atoms with Gasteiger partial charge in [-0.05, 0) is 131 Å². The molecule has 10 aromatic carbocycles. The third-order valence-electron chi connectivity index (χ3n) is 13.9. The molecule has 2 nitrogen and oxygen atoms in total. The van der Waals surface area contributed by atoms with E-state index >= 15 is 0 Å². The summed E-state index contributed by atoms with van der Waals surface area (Å²) < 4.78 is 6.28. The van der Waals surface area contributed by atoms with E-state index in [4.69, 9.17) is 4.42 Å². The zero-order valence-corrected chi connectivity index (χ0v) is 34.6. The lowest BCUT2D eigenvalue weighted by Gasteiger charge is -2.28. The van der Waals surface area contributed by atoms with Gasteiger partial charge in [0.05, 0.1) is 0 Å². The number of furan rings is 1. The van der Waals surface area contributed by atoms with Crippen molar-refractivity contribution in [2.24, 2.45) is 0 Å². The van der Waals surface area contributed by atoms with Crippen LogP contribution in [0.3, 0.4) is 0 Å². The number of anilines is 3. The molecule has 0 spiro atoms. The second kappa shape index (κ2) is 13.2. The summed E-state index contributed by atoms with van der Waals surface area (Å²) in [6, 6.07) is 76.2. The van der Waals surface area contributed by atoms with E-state index in [2.05, 4.69) is 213 Å². The zero-order valence-electron chi connectivity index (χ0n) is 34.6. The minimum Gasteiger partial charge on any atom is -0.456 e. The molecule has 62 heavy (non-hydrogen) atoms. The molecule has 0 atom stereocenters.